The summed E-state index contributed by atoms with van der Waals surface area (Å²) in [5.74, 6) is -0.319. The van der Waals surface area contributed by atoms with Gasteiger partial charge in [0, 0.05) is 29.0 Å². The molecular weight excluding hydrogens is 308 g/mol. The third-order valence-electron chi connectivity index (χ3n) is 3.59. The molecule has 1 heterocycles. The van der Waals surface area contributed by atoms with E-state index in [-0.39, 0.29) is 17.7 Å². The number of hydrogen-bond acceptors (Lipinski definition) is 2. The van der Waals surface area contributed by atoms with Gasteiger partial charge in [0.1, 0.15) is 0 Å². The topological polar surface area (TPSA) is 63.4 Å². The molecule has 0 saturated carbocycles. The Hall–Kier alpha value is -1.36. The first-order valence-electron chi connectivity index (χ1n) is 6.34. The molecule has 1 aliphatic rings. The van der Waals surface area contributed by atoms with Gasteiger partial charge in [-0.15, -0.1) is 0 Å². The number of primary amides is 1. The van der Waals surface area contributed by atoms with E-state index in [1.54, 1.807) is 4.90 Å². The maximum absolute atomic E-state index is 12.3. The lowest BCUT2D eigenvalue weighted by Gasteiger charge is -2.30. The Kier molecular flexibility index (Phi) is 4.24. The number of aryl methyl sites for hydroxylation is 1. The zero-order valence-corrected chi connectivity index (χ0v) is 12.4. The van der Waals surface area contributed by atoms with Crippen LogP contribution in [-0.2, 0) is 4.79 Å². The minimum Gasteiger partial charge on any atom is -0.369 e. The summed E-state index contributed by atoms with van der Waals surface area (Å²) in [4.78, 5) is 25.2. The van der Waals surface area contributed by atoms with Crippen molar-refractivity contribution < 1.29 is 9.59 Å². The zero-order chi connectivity index (χ0) is 14.0. The van der Waals surface area contributed by atoms with Crippen molar-refractivity contribution in [2.24, 2.45) is 11.7 Å². The van der Waals surface area contributed by atoms with Gasteiger partial charge < -0.3 is 10.6 Å². The molecule has 1 aromatic carbocycles. The molecule has 0 unspecified atom stereocenters. The van der Waals surface area contributed by atoms with Crippen molar-refractivity contribution in [2.75, 3.05) is 13.1 Å². The first-order valence-corrected chi connectivity index (χ1v) is 7.13. The number of hydrogen-bond donors (Lipinski definition) is 1. The van der Waals surface area contributed by atoms with E-state index < -0.39 is 0 Å². The molecule has 2 amide bonds. The highest BCUT2D eigenvalue weighted by atomic mass is 79.9. The Balaban J connectivity index is 2.05. The molecule has 1 aromatic rings. The molecule has 2 N–H and O–H groups in total. The number of likely N-dealkylation sites (tertiary alicyclic amines) is 1. The monoisotopic (exact) mass is 324 g/mol. The molecule has 0 atom stereocenters. The standard InChI is InChI=1S/C14H17BrN2O2/c1-9-8-11(2-3-12(9)15)14(19)17-6-4-10(5-7-17)13(16)18/h2-3,8,10H,4-7H2,1H3,(H2,16,18). The van der Waals surface area contributed by atoms with Crippen LogP contribution in [0.1, 0.15) is 28.8 Å². The van der Waals surface area contributed by atoms with Crippen LogP contribution in [0.5, 0.6) is 0 Å². The lowest BCUT2D eigenvalue weighted by Crippen LogP contribution is -2.41. The largest absolute Gasteiger partial charge is 0.369 e. The Labute approximate surface area is 121 Å². The van der Waals surface area contributed by atoms with Gasteiger partial charge in [0.05, 0.1) is 0 Å². The molecule has 1 saturated heterocycles. The lowest BCUT2D eigenvalue weighted by atomic mass is 9.96. The number of carbonyl (C=O) groups excluding carboxylic acids is 2. The number of piperidine rings is 1. The molecule has 1 fully saturated rings. The van der Waals surface area contributed by atoms with Crippen LogP contribution in [0.15, 0.2) is 22.7 Å². The fourth-order valence-corrected chi connectivity index (χ4v) is 2.57. The van der Waals surface area contributed by atoms with Crippen LogP contribution in [-0.4, -0.2) is 29.8 Å². The highest BCUT2D eigenvalue weighted by molar-refractivity contribution is 9.10. The van der Waals surface area contributed by atoms with Gasteiger partial charge in [-0.25, -0.2) is 0 Å². The van der Waals surface area contributed by atoms with E-state index in [9.17, 15) is 9.59 Å². The molecule has 0 aromatic heterocycles. The lowest BCUT2D eigenvalue weighted by molar-refractivity contribution is -0.123. The van der Waals surface area contributed by atoms with Gasteiger partial charge in [0.15, 0.2) is 0 Å². The van der Waals surface area contributed by atoms with Crippen LogP contribution in [0, 0.1) is 12.8 Å². The zero-order valence-electron chi connectivity index (χ0n) is 10.9. The van der Waals surface area contributed by atoms with Crippen LogP contribution < -0.4 is 5.73 Å². The van der Waals surface area contributed by atoms with Gasteiger partial charge in [-0.3, -0.25) is 9.59 Å². The second-order valence-corrected chi connectivity index (χ2v) is 5.79. The smallest absolute Gasteiger partial charge is 0.253 e. The molecule has 2 rings (SSSR count). The van der Waals surface area contributed by atoms with Gasteiger partial charge in [-0.05, 0) is 43.5 Å². The summed E-state index contributed by atoms with van der Waals surface area (Å²) in [6.45, 7) is 3.16. The average Bonchev–Trinajstić information content (AvgIpc) is 2.41. The minimum atomic E-state index is -0.258. The van der Waals surface area contributed by atoms with Crippen LogP contribution in [0.25, 0.3) is 0 Å². The molecule has 4 nitrogen and oxygen atoms in total. The van der Waals surface area contributed by atoms with Crippen molar-refractivity contribution in [2.45, 2.75) is 19.8 Å². The summed E-state index contributed by atoms with van der Waals surface area (Å²) >= 11 is 3.42. The third-order valence-corrected chi connectivity index (χ3v) is 4.48. The second-order valence-electron chi connectivity index (χ2n) is 4.93. The SMILES string of the molecule is Cc1cc(C(=O)N2CCC(C(N)=O)CC2)ccc1Br. The Morgan fingerprint density at radius 1 is 1.32 bits per heavy atom. The van der Waals surface area contributed by atoms with Crippen molar-refractivity contribution in [1.82, 2.24) is 4.90 Å². The molecule has 0 radical (unpaired) electrons. The first kappa shape index (κ1) is 14.1. The maximum Gasteiger partial charge on any atom is 0.253 e. The van der Waals surface area contributed by atoms with E-state index >= 15 is 0 Å². The van der Waals surface area contributed by atoms with E-state index in [0.717, 1.165) is 10.0 Å². The fraction of sp³-hybridized carbons (Fsp3) is 0.429. The normalized spacial score (nSPS) is 16.4. The predicted octanol–water partition coefficient (Wildman–Crippen LogP) is 2.10. The van der Waals surface area contributed by atoms with E-state index in [1.807, 2.05) is 25.1 Å². The minimum absolute atomic E-state index is 0.0264. The highest BCUT2D eigenvalue weighted by Gasteiger charge is 2.26. The molecule has 0 spiro atoms. The van der Waals surface area contributed by atoms with Crippen LogP contribution in [0.4, 0.5) is 0 Å². The van der Waals surface area contributed by atoms with Crippen molar-refractivity contribution in [3.8, 4) is 0 Å². The van der Waals surface area contributed by atoms with Gasteiger partial charge in [0.2, 0.25) is 5.91 Å². The quantitative estimate of drug-likeness (QED) is 0.905. The van der Waals surface area contributed by atoms with Gasteiger partial charge >= 0.3 is 0 Å². The van der Waals surface area contributed by atoms with Crippen molar-refractivity contribution in [3.05, 3.63) is 33.8 Å². The van der Waals surface area contributed by atoms with Gasteiger partial charge in [-0.1, -0.05) is 15.9 Å². The van der Waals surface area contributed by atoms with Gasteiger partial charge in [0.25, 0.3) is 5.91 Å². The summed E-state index contributed by atoms with van der Waals surface area (Å²) in [5, 5.41) is 0. The number of nitrogens with zero attached hydrogens (tertiary/aromatic N) is 1. The number of benzene rings is 1. The highest BCUT2D eigenvalue weighted by Crippen LogP contribution is 2.21. The van der Waals surface area contributed by atoms with Crippen molar-refractivity contribution in [1.29, 1.82) is 0 Å². The van der Waals surface area contributed by atoms with Gasteiger partial charge in [-0.2, -0.15) is 0 Å². The van der Waals surface area contributed by atoms with E-state index in [2.05, 4.69) is 15.9 Å². The van der Waals surface area contributed by atoms with Crippen LogP contribution in [0.2, 0.25) is 0 Å². The molecule has 0 aliphatic carbocycles. The molecule has 1 aliphatic heterocycles. The number of amides is 2. The first-order chi connectivity index (χ1) is 8.99. The molecule has 102 valence electrons. The number of nitrogens with two attached hydrogens (primary N) is 1. The Morgan fingerprint density at radius 2 is 1.95 bits per heavy atom. The Morgan fingerprint density at radius 3 is 2.47 bits per heavy atom. The summed E-state index contributed by atoms with van der Waals surface area (Å²) in [5.41, 5.74) is 7.02. The summed E-state index contributed by atoms with van der Waals surface area (Å²) in [7, 11) is 0. The van der Waals surface area contributed by atoms with Crippen molar-refractivity contribution in [3.63, 3.8) is 0 Å². The molecule has 0 bridgehead atoms. The summed E-state index contributed by atoms with van der Waals surface area (Å²) in [6.07, 6.45) is 1.33. The molecule has 5 heteroatoms. The maximum atomic E-state index is 12.3. The van der Waals surface area contributed by atoms with Crippen LogP contribution in [0.3, 0.4) is 0 Å². The van der Waals surface area contributed by atoms with E-state index in [0.29, 0.717) is 31.5 Å². The molecule has 19 heavy (non-hydrogen) atoms. The number of halogens is 1. The van der Waals surface area contributed by atoms with Crippen LogP contribution >= 0.6 is 15.9 Å². The van der Waals surface area contributed by atoms with E-state index in [4.69, 9.17) is 5.73 Å². The average molecular weight is 325 g/mol. The second kappa shape index (κ2) is 5.74. The third kappa shape index (κ3) is 3.15. The van der Waals surface area contributed by atoms with Crippen molar-refractivity contribution >= 4 is 27.7 Å². The summed E-state index contributed by atoms with van der Waals surface area (Å²) in [6, 6.07) is 5.59. The Bertz CT molecular complexity index is 508. The molecular formula is C14H17BrN2O2. The van der Waals surface area contributed by atoms with E-state index in [1.165, 1.54) is 0 Å². The summed E-state index contributed by atoms with van der Waals surface area (Å²) < 4.78 is 0.997. The predicted molar refractivity (Wildman–Crippen MR) is 76.7 cm³/mol. The fourth-order valence-electron chi connectivity index (χ4n) is 2.33. The number of rotatable bonds is 2. The number of carbonyl (C=O) groups is 2.